The van der Waals surface area contributed by atoms with Gasteiger partial charge in [-0.05, 0) is 6.07 Å². The number of thiazole rings is 1. The molecular formula is C18H15FN2O2S. The fraction of sp³-hybridized carbons (Fsp3) is 0.111. The van der Waals surface area contributed by atoms with E-state index in [0.29, 0.717) is 4.88 Å². The molecule has 0 aliphatic heterocycles. The van der Waals surface area contributed by atoms with E-state index in [2.05, 4.69) is 10.3 Å². The Hall–Kier alpha value is -2.57. The molecule has 6 heteroatoms. The molecule has 0 fully saturated rings. The molecule has 0 saturated heterocycles. The number of aromatic nitrogens is 1. The summed E-state index contributed by atoms with van der Waals surface area (Å²) in [6.07, 6.45) is 0.398. The lowest BCUT2D eigenvalue weighted by atomic mass is 10.1. The molecule has 0 bridgehead atoms. The second-order valence-electron chi connectivity index (χ2n) is 5.14. The van der Waals surface area contributed by atoms with Crippen LogP contribution in [-0.2, 0) is 0 Å². The molecule has 2 N–H and O–H groups in total. The third-order valence-corrected chi connectivity index (χ3v) is 4.52. The zero-order valence-corrected chi connectivity index (χ0v) is 13.5. The van der Waals surface area contributed by atoms with Gasteiger partial charge in [0.1, 0.15) is 15.7 Å². The van der Waals surface area contributed by atoms with Crippen molar-refractivity contribution in [2.75, 3.05) is 6.54 Å². The first-order chi connectivity index (χ1) is 11.6. The molecule has 3 aromatic rings. The Morgan fingerprint density at radius 3 is 2.62 bits per heavy atom. The van der Waals surface area contributed by atoms with Crippen molar-refractivity contribution in [3.63, 3.8) is 0 Å². The predicted octanol–water partition coefficient (Wildman–Crippen LogP) is 3.41. The zero-order valence-electron chi connectivity index (χ0n) is 12.6. The number of nitrogens with zero attached hydrogens (tertiary/aromatic N) is 1. The van der Waals surface area contributed by atoms with Crippen LogP contribution in [0.25, 0.3) is 10.6 Å². The molecule has 1 atom stereocenters. The molecule has 4 nitrogen and oxygen atoms in total. The van der Waals surface area contributed by atoms with E-state index < -0.39 is 11.9 Å². The number of carbonyl (C=O) groups excluding carboxylic acids is 1. The second-order valence-corrected chi connectivity index (χ2v) is 6.17. The van der Waals surface area contributed by atoms with Crippen molar-refractivity contribution in [1.82, 2.24) is 10.3 Å². The molecule has 1 heterocycles. The van der Waals surface area contributed by atoms with E-state index in [1.807, 2.05) is 30.3 Å². The van der Waals surface area contributed by atoms with Gasteiger partial charge >= 0.3 is 0 Å². The number of rotatable bonds is 5. The number of nitrogens with one attached hydrogen (secondary N) is 1. The summed E-state index contributed by atoms with van der Waals surface area (Å²) in [5.74, 6) is -0.839. The Balaban J connectivity index is 1.64. The van der Waals surface area contributed by atoms with Gasteiger partial charge in [-0.2, -0.15) is 0 Å². The maximum atomic E-state index is 13.6. The van der Waals surface area contributed by atoms with Crippen LogP contribution in [0.3, 0.4) is 0 Å². The summed E-state index contributed by atoms with van der Waals surface area (Å²) < 4.78 is 13.6. The van der Waals surface area contributed by atoms with Crippen molar-refractivity contribution in [1.29, 1.82) is 0 Å². The Morgan fingerprint density at radius 1 is 1.17 bits per heavy atom. The van der Waals surface area contributed by atoms with Crippen molar-refractivity contribution in [3.05, 3.63) is 77.1 Å². The minimum atomic E-state index is -1.10. The number of aliphatic hydroxyl groups excluding tert-OH is 1. The highest BCUT2D eigenvalue weighted by Crippen LogP contribution is 2.24. The Morgan fingerprint density at radius 2 is 1.88 bits per heavy atom. The summed E-state index contributed by atoms with van der Waals surface area (Å²) in [6, 6.07) is 15.5. The highest BCUT2D eigenvalue weighted by molar-refractivity contribution is 7.16. The van der Waals surface area contributed by atoms with E-state index in [4.69, 9.17) is 0 Å². The van der Waals surface area contributed by atoms with Gasteiger partial charge in [0.15, 0.2) is 0 Å². The number of hydrogen-bond donors (Lipinski definition) is 2. The second kappa shape index (κ2) is 7.33. The minimum absolute atomic E-state index is 0.0711. The van der Waals surface area contributed by atoms with Crippen molar-refractivity contribution in [2.45, 2.75) is 6.10 Å². The van der Waals surface area contributed by atoms with E-state index in [1.165, 1.54) is 29.7 Å². The first-order valence-electron chi connectivity index (χ1n) is 7.37. The summed E-state index contributed by atoms with van der Waals surface area (Å²) in [7, 11) is 0. The zero-order chi connectivity index (χ0) is 16.9. The lowest BCUT2D eigenvalue weighted by Crippen LogP contribution is -2.28. The van der Waals surface area contributed by atoms with Crippen LogP contribution >= 0.6 is 11.3 Å². The molecule has 1 amide bonds. The van der Waals surface area contributed by atoms with Gasteiger partial charge in [0.25, 0.3) is 5.91 Å². The van der Waals surface area contributed by atoms with E-state index in [-0.39, 0.29) is 18.0 Å². The number of hydrogen-bond acceptors (Lipinski definition) is 4. The van der Waals surface area contributed by atoms with Crippen LogP contribution in [0.2, 0.25) is 0 Å². The first kappa shape index (κ1) is 16.3. The number of amides is 1. The SMILES string of the molecule is O=C(NCC(O)c1ccccc1F)c1cnc(-c2ccccc2)s1. The number of halogens is 1. The molecule has 0 aliphatic rings. The van der Waals surface area contributed by atoms with Crippen molar-refractivity contribution in [2.24, 2.45) is 0 Å². The molecule has 3 rings (SSSR count). The Bertz CT molecular complexity index is 836. The largest absolute Gasteiger partial charge is 0.386 e. The molecule has 1 unspecified atom stereocenters. The van der Waals surface area contributed by atoms with E-state index in [1.54, 1.807) is 12.1 Å². The molecule has 2 aromatic carbocycles. The van der Waals surface area contributed by atoms with Crippen molar-refractivity contribution < 1.29 is 14.3 Å². The summed E-state index contributed by atoms with van der Waals surface area (Å²) >= 11 is 1.27. The average Bonchev–Trinajstić information content (AvgIpc) is 3.11. The smallest absolute Gasteiger partial charge is 0.263 e. The van der Waals surface area contributed by atoms with Gasteiger partial charge in [-0.15, -0.1) is 11.3 Å². The Labute approximate surface area is 142 Å². The van der Waals surface area contributed by atoms with E-state index >= 15 is 0 Å². The topological polar surface area (TPSA) is 62.2 Å². The Kier molecular flexibility index (Phi) is 4.98. The van der Waals surface area contributed by atoms with Crippen LogP contribution in [0.15, 0.2) is 60.8 Å². The molecule has 0 radical (unpaired) electrons. The average molecular weight is 342 g/mol. The summed E-state index contributed by atoms with van der Waals surface area (Å²) in [5.41, 5.74) is 1.10. The highest BCUT2D eigenvalue weighted by Gasteiger charge is 2.16. The molecule has 24 heavy (non-hydrogen) atoms. The van der Waals surface area contributed by atoms with Gasteiger partial charge in [-0.25, -0.2) is 9.37 Å². The van der Waals surface area contributed by atoms with E-state index in [0.717, 1.165) is 10.6 Å². The lowest BCUT2D eigenvalue weighted by Gasteiger charge is -2.12. The normalized spacial score (nSPS) is 11.9. The quantitative estimate of drug-likeness (QED) is 0.747. The van der Waals surface area contributed by atoms with Gasteiger partial charge in [-0.1, -0.05) is 48.5 Å². The summed E-state index contributed by atoms with van der Waals surface area (Å²) in [5, 5.41) is 13.4. The third kappa shape index (κ3) is 3.67. The van der Waals surface area contributed by atoms with Gasteiger partial charge < -0.3 is 10.4 Å². The number of aliphatic hydroxyl groups is 1. The molecular weight excluding hydrogens is 327 g/mol. The monoisotopic (exact) mass is 342 g/mol. The predicted molar refractivity (Wildman–Crippen MR) is 91.2 cm³/mol. The first-order valence-corrected chi connectivity index (χ1v) is 8.19. The third-order valence-electron chi connectivity index (χ3n) is 3.47. The maximum absolute atomic E-state index is 13.6. The van der Waals surface area contributed by atoms with Crippen LogP contribution in [0.5, 0.6) is 0 Å². The van der Waals surface area contributed by atoms with Crippen LogP contribution < -0.4 is 5.32 Å². The van der Waals surface area contributed by atoms with Gasteiger partial charge in [0.2, 0.25) is 0 Å². The maximum Gasteiger partial charge on any atom is 0.263 e. The lowest BCUT2D eigenvalue weighted by molar-refractivity contribution is 0.0918. The van der Waals surface area contributed by atoms with Crippen LogP contribution in [0.1, 0.15) is 21.3 Å². The van der Waals surface area contributed by atoms with Crippen LogP contribution in [0.4, 0.5) is 4.39 Å². The summed E-state index contributed by atoms with van der Waals surface area (Å²) in [6.45, 7) is -0.0711. The van der Waals surface area contributed by atoms with Crippen molar-refractivity contribution in [3.8, 4) is 10.6 Å². The van der Waals surface area contributed by atoms with E-state index in [9.17, 15) is 14.3 Å². The van der Waals surface area contributed by atoms with Gasteiger partial charge in [0, 0.05) is 17.7 Å². The van der Waals surface area contributed by atoms with Crippen LogP contribution in [0, 0.1) is 5.82 Å². The molecule has 0 aliphatic carbocycles. The number of carbonyl (C=O) groups is 1. The van der Waals surface area contributed by atoms with Crippen LogP contribution in [-0.4, -0.2) is 22.5 Å². The number of benzene rings is 2. The van der Waals surface area contributed by atoms with Crippen molar-refractivity contribution >= 4 is 17.2 Å². The fourth-order valence-corrected chi connectivity index (χ4v) is 3.06. The summed E-state index contributed by atoms with van der Waals surface area (Å²) in [4.78, 5) is 16.8. The van der Waals surface area contributed by atoms with Gasteiger partial charge in [-0.3, -0.25) is 4.79 Å². The molecule has 1 aromatic heterocycles. The van der Waals surface area contributed by atoms with Gasteiger partial charge in [0.05, 0.1) is 12.3 Å². The fourth-order valence-electron chi connectivity index (χ4n) is 2.23. The molecule has 0 spiro atoms. The standard InChI is InChI=1S/C18H15FN2O2S/c19-14-9-5-4-8-13(14)15(22)10-20-17(23)16-11-21-18(24-16)12-6-2-1-3-7-12/h1-9,11,15,22H,10H2,(H,20,23). The molecule has 122 valence electrons. The highest BCUT2D eigenvalue weighted by atomic mass is 32.1. The minimum Gasteiger partial charge on any atom is -0.386 e. The molecule has 0 saturated carbocycles.